The van der Waals surface area contributed by atoms with Gasteiger partial charge in [0.05, 0.1) is 11.3 Å². The fourth-order valence-electron chi connectivity index (χ4n) is 2.88. The molecule has 1 aromatic carbocycles. The van der Waals surface area contributed by atoms with Crippen LogP contribution in [0.2, 0.25) is 0 Å². The summed E-state index contributed by atoms with van der Waals surface area (Å²) in [6, 6.07) is 11.7. The van der Waals surface area contributed by atoms with Crippen LogP contribution in [0.15, 0.2) is 65.2 Å². The Kier molecular flexibility index (Phi) is 4.56. The topological polar surface area (TPSA) is 51.5 Å². The van der Waals surface area contributed by atoms with Crippen LogP contribution >= 0.6 is 0 Å². The van der Waals surface area contributed by atoms with Crippen molar-refractivity contribution in [3.63, 3.8) is 0 Å². The molecule has 3 rings (SSSR count). The number of aromatic nitrogens is 1. The normalized spacial score (nSPS) is 17.5. The van der Waals surface area contributed by atoms with Gasteiger partial charge in [-0.2, -0.15) is 0 Å². The first-order valence-electron chi connectivity index (χ1n) is 7.98. The van der Waals surface area contributed by atoms with E-state index in [0.717, 1.165) is 23.4 Å². The fraction of sp³-hybridized carbons (Fsp3) is 0.250. The standard InChI is InChI=1S/C20H20N2O2/c1-13-6-8-16(9-7-13)18-11-14(2)22-15(3)19(18)24-20(23)17-5-4-10-21-12-17/h4-10,12,18H,11H2,1-3H3. The van der Waals surface area contributed by atoms with E-state index in [2.05, 4.69) is 41.2 Å². The smallest absolute Gasteiger partial charge is 0.344 e. The highest BCUT2D eigenvalue weighted by Crippen LogP contribution is 2.35. The summed E-state index contributed by atoms with van der Waals surface area (Å²) in [5.41, 5.74) is 4.56. The van der Waals surface area contributed by atoms with E-state index >= 15 is 0 Å². The van der Waals surface area contributed by atoms with Crippen molar-refractivity contribution in [1.82, 2.24) is 4.98 Å². The second kappa shape index (κ2) is 6.79. The van der Waals surface area contributed by atoms with Gasteiger partial charge in [-0.3, -0.25) is 9.98 Å². The van der Waals surface area contributed by atoms with Crippen LogP contribution in [-0.4, -0.2) is 16.7 Å². The van der Waals surface area contributed by atoms with E-state index in [0.29, 0.717) is 11.3 Å². The van der Waals surface area contributed by atoms with Crippen LogP contribution in [0, 0.1) is 6.92 Å². The molecule has 0 spiro atoms. The molecule has 0 N–H and O–H groups in total. The van der Waals surface area contributed by atoms with Crippen molar-refractivity contribution < 1.29 is 9.53 Å². The molecular weight excluding hydrogens is 300 g/mol. The van der Waals surface area contributed by atoms with Crippen molar-refractivity contribution in [3.8, 4) is 0 Å². The van der Waals surface area contributed by atoms with E-state index in [1.165, 1.54) is 11.8 Å². The molecule has 24 heavy (non-hydrogen) atoms. The van der Waals surface area contributed by atoms with Gasteiger partial charge in [0.25, 0.3) is 0 Å². The summed E-state index contributed by atoms with van der Waals surface area (Å²) in [6.07, 6.45) is 3.89. The first-order valence-corrected chi connectivity index (χ1v) is 7.98. The maximum Gasteiger partial charge on any atom is 0.344 e. The Bertz CT molecular complexity index is 805. The van der Waals surface area contributed by atoms with E-state index < -0.39 is 5.97 Å². The summed E-state index contributed by atoms with van der Waals surface area (Å²) in [5.74, 6) is 0.228. The van der Waals surface area contributed by atoms with E-state index in [1.54, 1.807) is 18.3 Å². The van der Waals surface area contributed by atoms with E-state index in [-0.39, 0.29) is 5.92 Å². The average Bonchev–Trinajstić information content (AvgIpc) is 2.58. The zero-order chi connectivity index (χ0) is 17.1. The highest BCUT2D eigenvalue weighted by molar-refractivity contribution is 5.90. The number of benzene rings is 1. The first-order chi connectivity index (χ1) is 11.5. The third kappa shape index (κ3) is 3.43. The molecule has 4 nitrogen and oxygen atoms in total. The van der Waals surface area contributed by atoms with Crippen LogP contribution in [0.3, 0.4) is 0 Å². The van der Waals surface area contributed by atoms with Crippen LogP contribution in [0.5, 0.6) is 0 Å². The number of ether oxygens (including phenoxy) is 1. The Labute approximate surface area is 141 Å². The minimum absolute atomic E-state index is 0.00345. The van der Waals surface area contributed by atoms with Gasteiger partial charge in [0.15, 0.2) is 0 Å². The number of nitrogens with zero attached hydrogens (tertiary/aromatic N) is 2. The van der Waals surface area contributed by atoms with Crippen LogP contribution in [-0.2, 0) is 4.74 Å². The molecule has 1 aromatic heterocycles. The maximum atomic E-state index is 12.4. The zero-order valence-electron chi connectivity index (χ0n) is 14.1. The van der Waals surface area contributed by atoms with Crippen LogP contribution < -0.4 is 0 Å². The number of hydrogen-bond acceptors (Lipinski definition) is 4. The van der Waals surface area contributed by atoms with Gasteiger partial charge in [0, 0.05) is 24.0 Å². The minimum atomic E-state index is -0.399. The number of pyridine rings is 1. The Morgan fingerprint density at radius 1 is 1.12 bits per heavy atom. The molecular formula is C20H20N2O2. The number of esters is 1. The molecule has 2 heterocycles. The highest BCUT2D eigenvalue weighted by atomic mass is 16.5. The van der Waals surface area contributed by atoms with Crippen LogP contribution in [0.4, 0.5) is 0 Å². The lowest BCUT2D eigenvalue weighted by atomic mass is 9.88. The van der Waals surface area contributed by atoms with Gasteiger partial charge in [-0.25, -0.2) is 4.79 Å². The summed E-state index contributed by atoms with van der Waals surface area (Å²) < 4.78 is 5.73. The molecule has 0 bridgehead atoms. The predicted octanol–water partition coefficient (Wildman–Crippen LogP) is 4.43. The van der Waals surface area contributed by atoms with Crippen LogP contribution in [0.1, 0.15) is 47.7 Å². The third-order valence-corrected chi connectivity index (χ3v) is 4.11. The number of aliphatic imine (C=N–C) groups is 1. The molecule has 4 heteroatoms. The largest absolute Gasteiger partial charge is 0.425 e. The molecule has 1 unspecified atom stereocenters. The number of aryl methyl sites for hydroxylation is 1. The number of carbonyl (C=O) groups is 1. The molecule has 0 saturated heterocycles. The van der Waals surface area contributed by atoms with Gasteiger partial charge in [-0.05, 0) is 44.9 Å². The fourth-order valence-corrected chi connectivity index (χ4v) is 2.88. The molecule has 0 saturated carbocycles. The van der Waals surface area contributed by atoms with Crippen molar-refractivity contribution in [1.29, 1.82) is 0 Å². The van der Waals surface area contributed by atoms with Gasteiger partial charge in [0.2, 0.25) is 0 Å². The number of hydrogen-bond donors (Lipinski definition) is 0. The highest BCUT2D eigenvalue weighted by Gasteiger charge is 2.27. The SMILES string of the molecule is CC1=NC(C)=C(OC(=O)c2cccnc2)C(c2ccc(C)cc2)C1. The maximum absolute atomic E-state index is 12.4. The van der Waals surface area contributed by atoms with Gasteiger partial charge in [-0.1, -0.05) is 29.8 Å². The zero-order valence-corrected chi connectivity index (χ0v) is 14.1. The summed E-state index contributed by atoms with van der Waals surface area (Å²) in [4.78, 5) is 20.9. The van der Waals surface area contributed by atoms with Gasteiger partial charge in [-0.15, -0.1) is 0 Å². The Morgan fingerprint density at radius 3 is 2.54 bits per heavy atom. The summed E-state index contributed by atoms with van der Waals surface area (Å²) >= 11 is 0. The lowest BCUT2D eigenvalue weighted by molar-refractivity contribution is 0.0598. The Hall–Kier alpha value is -2.75. The summed E-state index contributed by atoms with van der Waals surface area (Å²) in [5, 5.41) is 0. The van der Waals surface area contributed by atoms with E-state index in [1.807, 2.05) is 13.8 Å². The van der Waals surface area contributed by atoms with Gasteiger partial charge in [0.1, 0.15) is 5.76 Å². The summed E-state index contributed by atoms with van der Waals surface area (Å²) in [7, 11) is 0. The molecule has 0 aliphatic carbocycles. The minimum Gasteiger partial charge on any atom is -0.425 e. The van der Waals surface area contributed by atoms with E-state index in [9.17, 15) is 4.79 Å². The molecule has 1 aliphatic heterocycles. The number of allylic oxidation sites excluding steroid dienone is 2. The lowest BCUT2D eigenvalue weighted by Crippen LogP contribution is -2.18. The molecule has 0 radical (unpaired) electrons. The van der Waals surface area contributed by atoms with Gasteiger partial charge < -0.3 is 4.74 Å². The van der Waals surface area contributed by atoms with Crippen molar-refractivity contribution in [2.75, 3.05) is 0 Å². The quantitative estimate of drug-likeness (QED) is 0.786. The first kappa shape index (κ1) is 16.1. The molecule has 0 amide bonds. The Balaban J connectivity index is 1.93. The molecule has 122 valence electrons. The molecule has 1 atom stereocenters. The van der Waals surface area contributed by atoms with Crippen molar-refractivity contribution in [3.05, 3.63) is 76.9 Å². The Morgan fingerprint density at radius 2 is 1.88 bits per heavy atom. The second-order valence-electron chi connectivity index (χ2n) is 6.10. The molecule has 1 aliphatic rings. The van der Waals surface area contributed by atoms with E-state index in [4.69, 9.17) is 4.74 Å². The predicted molar refractivity (Wildman–Crippen MR) is 94.0 cm³/mol. The van der Waals surface area contributed by atoms with Gasteiger partial charge >= 0.3 is 5.97 Å². The third-order valence-electron chi connectivity index (χ3n) is 4.11. The van der Waals surface area contributed by atoms with Crippen LogP contribution in [0.25, 0.3) is 0 Å². The monoisotopic (exact) mass is 320 g/mol. The average molecular weight is 320 g/mol. The molecule has 0 fully saturated rings. The molecule has 2 aromatic rings. The van der Waals surface area contributed by atoms with Crippen molar-refractivity contribution in [2.24, 2.45) is 4.99 Å². The number of carbonyl (C=O) groups excluding carboxylic acids is 1. The summed E-state index contributed by atoms with van der Waals surface area (Å²) in [6.45, 7) is 5.95. The second-order valence-corrected chi connectivity index (χ2v) is 6.10. The number of rotatable bonds is 3. The van der Waals surface area contributed by atoms with Crippen molar-refractivity contribution >= 4 is 11.7 Å². The lowest BCUT2D eigenvalue weighted by Gasteiger charge is -2.25. The van der Waals surface area contributed by atoms with Crippen molar-refractivity contribution in [2.45, 2.75) is 33.1 Å².